The highest BCUT2D eigenvalue weighted by molar-refractivity contribution is 7.89. The number of aryl methyl sites for hydroxylation is 1. The molecule has 25 heavy (non-hydrogen) atoms. The van der Waals surface area contributed by atoms with E-state index in [4.69, 9.17) is 16.3 Å². The van der Waals surface area contributed by atoms with Gasteiger partial charge >= 0.3 is 6.09 Å². The first-order valence-electron chi connectivity index (χ1n) is 7.66. The molecule has 1 unspecified atom stereocenters. The molecule has 1 atom stereocenters. The zero-order valence-electron chi connectivity index (χ0n) is 13.5. The van der Waals surface area contributed by atoms with Crippen LogP contribution in [0.1, 0.15) is 5.56 Å². The molecule has 6 nitrogen and oxygen atoms in total. The van der Waals surface area contributed by atoms with Crippen molar-refractivity contribution < 1.29 is 17.9 Å². The highest BCUT2D eigenvalue weighted by atomic mass is 35.5. The third kappa shape index (κ3) is 3.95. The van der Waals surface area contributed by atoms with E-state index in [1.165, 1.54) is 17.0 Å². The van der Waals surface area contributed by atoms with E-state index in [1.54, 1.807) is 12.1 Å². The SMILES string of the molecule is Cc1cccc(N2CC(CNS(=O)(=O)c3ccccc3Cl)OC2=O)c1. The van der Waals surface area contributed by atoms with Gasteiger partial charge in [-0.3, -0.25) is 4.90 Å². The Morgan fingerprint density at radius 2 is 2.00 bits per heavy atom. The summed E-state index contributed by atoms with van der Waals surface area (Å²) in [6.45, 7) is 2.18. The van der Waals surface area contributed by atoms with Crippen LogP contribution in [0, 0.1) is 6.92 Å². The van der Waals surface area contributed by atoms with Crippen LogP contribution in [0.15, 0.2) is 53.4 Å². The van der Waals surface area contributed by atoms with Crippen molar-refractivity contribution in [1.82, 2.24) is 4.72 Å². The number of anilines is 1. The van der Waals surface area contributed by atoms with E-state index in [2.05, 4.69) is 4.72 Å². The Morgan fingerprint density at radius 3 is 2.72 bits per heavy atom. The summed E-state index contributed by atoms with van der Waals surface area (Å²) in [6, 6.07) is 13.6. The quantitative estimate of drug-likeness (QED) is 0.865. The van der Waals surface area contributed by atoms with E-state index in [1.807, 2.05) is 31.2 Å². The van der Waals surface area contributed by atoms with Gasteiger partial charge in [0.05, 0.1) is 11.6 Å². The molecule has 1 heterocycles. The van der Waals surface area contributed by atoms with E-state index in [0.717, 1.165) is 11.3 Å². The number of ether oxygens (including phenoxy) is 1. The Labute approximate surface area is 151 Å². The second-order valence-electron chi connectivity index (χ2n) is 5.74. The maximum Gasteiger partial charge on any atom is 0.414 e. The van der Waals surface area contributed by atoms with Crippen LogP contribution >= 0.6 is 11.6 Å². The zero-order valence-corrected chi connectivity index (χ0v) is 15.0. The molecule has 132 valence electrons. The molecule has 0 aliphatic carbocycles. The van der Waals surface area contributed by atoms with Crippen LogP contribution in [0.5, 0.6) is 0 Å². The van der Waals surface area contributed by atoms with Crippen LogP contribution in [-0.4, -0.2) is 33.7 Å². The summed E-state index contributed by atoms with van der Waals surface area (Å²) < 4.78 is 32.4. The molecule has 1 amide bonds. The molecule has 2 aromatic carbocycles. The summed E-state index contributed by atoms with van der Waals surface area (Å²) >= 11 is 5.93. The van der Waals surface area contributed by atoms with E-state index < -0.39 is 22.2 Å². The normalized spacial score (nSPS) is 17.6. The fourth-order valence-electron chi connectivity index (χ4n) is 2.58. The van der Waals surface area contributed by atoms with Crippen LogP contribution in [-0.2, 0) is 14.8 Å². The molecule has 1 aliphatic rings. The van der Waals surface area contributed by atoms with Gasteiger partial charge < -0.3 is 4.74 Å². The Hall–Kier alpha value is -2.09. The molecule has 0 radical (unpaired) electrons. The number of hydrogen-bond acceptors (Lipinski definition) is 4. The van der Waals surface area contributed by atoms with Gasteiger partial charge in [0.15, 0.2) is 0 Å². The predicted octanol–water partition coefficient (Wildman–Crippen LogP) is 2.95. The molecular weight excluding hydrogens is 364 g/mol. The van der Waals surface area contributed by atoms with E-state index >= 15 is 0 Å². The minimum absolute atomic E-state index is 0.00321. The molecule has 0 aromatic heterocycles. The van der Waals surface area contributed by atoms with Crippen LogP contribution in [0.3, 0.4) is 0 Å². The van der Waals surface area contributed by atoms with Crippen LogP contribution in [0.25, 0.3) is 0 Å². The molecule has 1 fully saturated rings. The van der Waals surface area contributed by atoms with Crippen molar-refractivity contribution in [2.75, 3.05) is 18.0 Å². The minimum atomic E-state index is -3.78. The van der Waals surface area contributed by atoms with Crippen molar-refractivity contribution in [2.45, 2.75) is 17.9 Å². The average molecular weight is 381 g/mol. The van der Waals surface area contributed by atoms with Gasteiger partial charge in [0.1, 0.15) is 11.0 Å². The van der Waals surface area contributed by atoms with Crippen LogP contribution < -0.4 is 9.62 Å². The van der Waals surface area contributed by atoms with E-state index in [-0.39, 0.29) is 23.0 Å². The van der Waals surface area contributed by atoms with Crippen LogP contribution in [0.2, 0.25) is 5.02 Å². The van der Waals surface area contributed by atoms with Gasteiger partial charge in [-0.2, -0.15) is 0 Å². The van der Waals surface area contributed by atoms with Crippen molar-refractivity contribution in [3.8, 4) is 0 Å². The summed E-state index contributed by atoms with van der Waals surface area (Å²) in [6.07, 6.45) is -1.07. The van der Waals surface area contributed by atoms with E-state index in [9.17, 15) is 13.2 Å². The van der Waals surface area contributed by atoms with E-state index in [0.29, 0.717) is 0 Å². The Bertz CT molecular complexity index is 901. The molecule has 0 bridgehead atoms. The van der Waals surface area contributed by atoms with Crippen molar-refractivity contribution >= 4 is 33.4 Å². The Balaban J connectivity index is 1.67. The molecule has 2 aromatic rings. The van der Waals surface area contributed by atoms with Gasteiger partial charge in [-0.25, -0.2) is 17.9 Å². The lowest BCUT2D eigenvalue weighted by molar-refractivity contribution is 0.143. The number of carbonyl (C=O) groups is 1. The number of nitrogens with zero attached hydrogens (tertiary/aromatic N) is 1. The van der Waals surface area contributed by atoms with Crippen LogP contribution in [0.4, 0.5) is 10.5 Å². The van der Waals surface area contributed by atoms with Gasteiger partial charge in [0, 0.05) is 12.2 Å². The first kappa shape index (κ1) is 17.7. The Morgan fingerprint density at radius 1 is 1.24 bits per heavy atom. The minimum Gasteiger partial charge on any atom is -0.443 e. The molecule has 1 aliphatic heterocycles. The van der Waals surface area contributed by atoms with Crippen molar-refractivity contribution in [3.05, 3.63) is 59.1 Å². The number of halogens is 1. The van der Waals surface area contributed by atoms with Crippen molar-refractivity contribution in [3.63, 3.8) is 0 Å². The number of benzene rings is 2. The number of cyclic esters (lactones) is 1. The highest BCUT2D eigenvalue weighted by Gasteiger charge is 2.33. The van der Waals surface area contributed by atoms with Gasteiger partial charge in [-0.05, 0) is 36.8 Å². The molecule has 8 heteroatoms. The van der Waals surface area contributed by atoms with Gasteiger partial charge in [-0.1, -0.05) is 35.9 Å². The molecule has 1 saturated heterocycles. The van der Waals surface area contributed by atoms with Crippen molar-refractivity contribution in [1.29, 1.82) is 0 Å². The highest BCUT2D eigenvalue weighted by Crippen LogP contribution is 2.23. The topological polar surface area (TPSA) is 75.7 Å². The zero-order chi connectivity index (χ0) is 18.0. The summed E-state index contributed by atoms with van der Waals surface area (Å²) in [5, 5.41) is 0.139. The lowest BCUT2D eigenvalue weighted by atomic mass is 10.2. The molecule has 0 spiro atoms. The number of carbonyl (C=O) groups excluding carboxylic acids is 1. The molecular formula is C17H17ClN2O4S. The number of rotatable bonds is 5. The fourth-order valence-corrected chi connectivity index (χ4v) is 4.16. The second kappa shape index (κ2) is 7.03. The average Bonchev–Trinajstić information content (AvgIpc) is 2.94. The maximum absolute atomic E-state index is 12.3. The first-order chi connectivity index (χ1) is 11.9. The number of sulfonamides is 1. The first-order valence-corrected chi connectivity index (χ1v) is 9.52. The standard InChI is InChI=1S/C17H17ClN2O4S/c1-12-5-4-6-13(9-12)20-11-14(24-17(20)21)10-19-25(22,23)16-8-3-2-7-15(16)18/h2-9,14,19H,10-11H2,1H3. The summed E-state index contributed by atoms with van der Waals surface area (Å²) in [7, 11) is -3.78. The number of amides is 1. The third-order valence-corrected chi connectivity index (χ3v) is 5.74. The Kier molecular flexibility index (Phi) is 4.99. The molecule has 1 N–H and O–H groups in total. The van der Waals surface area contributed by atoms with Crippen molar-refractivity contribution in [2.24, 2.45) is 0 Å². The fraction of sp³-hybridized carbons (Fsp3) is 0.235. The van der Waals surface area contributed by atoms with Gasteiger partial charge in [0.2, 0.25) is 10.0 Å². The summed E-state index contributed by atoms with van der Waals surface area (Å²) in [5.41, 5.74) is 1.75. The summed E-state index contributed by atoms with van der Waals surface area (Å²) in [4.78, 5) is 13.5. The number of nitrogens with one attached hydrogen (secondary N) is 1. The summed E-state index contributed by atoms with van der Waals surface area (Å²) in [5.74, 6) is 0. The molecule has 0 saturated carbocycles. The third-order valence-electron chi connectivity index (χ3n) is 3.81. The largest absolute Gasteiger partial charge is 0.443 e. The smallest absolute Gasteiger partial charge is 0.414 e. The lowest BCUT2D eigenvalue weighted by Gasteiger charge is -2.14. The lowest BCUT2D eigenvalue weighted by Crippen LogP contribution is -2.34. The maximum atomic E-state index is 12.3. The van der Waals surface area contributed by atoms with Gasteiger partial charge in [-0.15, -0.1) is 0 Å². The predicted molar refractivity (Wildman–Crippen MR) is 95.4 cm³/mol. The molecule has 3 rings (SSSR count). The van der Waals surface area contributed by atoms with Gasteiger partial charge in [0.25, 0.3) is 0 Å². The second-order valence-corrected chi connectivity index (χ2v) is 7.88. The monoisotopic (exact) mass is 380 g/mol. The number of hydrogen-bond donors (Lipinski definition) is 1.